The van der Waals surface area contributed by atoms with Gasteiger partial charge in [0.25, 0.3) is 0 Å². The van der Waals surface area contributed by atoms with Crippen LogP contribution in [0.25, 0.3) is 0 Å². The summed E-state index contributed by atoms with van der Waals surface area (Å²) in [5, 5.41) is 2.92. The van der Waals surface area contributed by atoms with E-state index in [9.17, 15) is 14.4 Å². The largest absolute Gasteiger partial charge is 0.461 e. The maximum atomic E-state index is 12.8. The summed E-state index contributed by atoms with van der Waals surface area (Å²) in [4.78, 5) is 37.3. The summed E-state index contributed by atoms with van der Waals surface area (Å²) in [6.07, 6.45) is 0.179. The number of nitrogens with one attached hydrogen (secondary N) is 1. The van der Waals surface area contributed by atoms with Crippen molar-refractivity contribution in [3.8, 4) is 0 Å². The maximum absolute atomic E-state index is 12.8. The van der Waals surface area contributed by atoms with Gasteiger partial charge in [-0.1, -0.05) is 65.0 Å². The quantitative estimate of drug-likeness (QED) is 0.573. The van der Waals surface area contributed by atoms with Crippen LogP contribution in [0.15, 0.2) is 30.3 Å². The van der Waals surface area contributed by atoms with E-state index in [1.165, 1.54) is 0 Å². The third-order valence-electron chi connectivity index (χ3n) is 5.01. The summed E-state index contributed by atoms with van der Waals surface area (Å²) >= 11 is 0. The first kappa shape index (κ1) is 26.7. The molecular weight excluding hydrogens is 394 g/mol. The lowest BCUT2D eigenvalue weighted by Gasteiger charge is -2.32. The highest BCUT2D eigenvalue weighted by Crippen LogP contribution is 2.30. The van der Waals surface area contributed by atoms with Gasteiger partial charge >= 0.3 is 11.9 Å². The summed E-state index contributed by atoms with van der Waals surface area (Å²) in [5.41, 5.74) is -0.788. The van der Waals surface area contributed by atoms with E-state index in [2.05, 4.69) is 5.32 Å². The van der Waals surface area contributed by atoms with Crippen molar-refractivity contribution in [2.45, 2.75) is 80.4 Å². The van der Waals surface area contributed by atoms with Crippen LogP contribution in [0.2, 0.25) is 0 Å². The highest BCUT2D eigenvalue weighted by molar-refractivity contribution is 5.86. The molecule has 0 aliphatic heterocycles. The van der Waals surface area contributed by atoms with E-state index in [1.807, 2.05) is 71.9 Å². The molecule has 0 aliphatic carbocycles. The number of ether oxygens (including phenoxy) is 2. The second-order valence-corrected chi connectivity index (χ2v) is 10.8. The Bertz CT molecular complexity index is 741. The van der Waals surface area contributed by atoms with Gasteiger partial charge in [0.05, 0.1) is 18.3 Å². The highest BCUT2D eigenvalue weighted by atomic mass is 16.6. The number of hydrogen-bond acceptors (Lipinski definition) is 5. The Labute approximate surface area is 187 Å². The number of hydrogen-bond donors (Lipinski definition) is 1. The fourth-order valence-corrected chi connectivity index (χ4v) is 2.95. The summed E-state index contributed by atoms with van der Waals surface area (Å²) in [5.74, 6) is -1.06. The molecule has 6 heteroatoms. The Hall–Kier alpha value is -2.37. The van der Waals surface area contributed by atoms with E-state index in [1.54, 1.807) is 13.8 Å². The van der Waals surface area contributed by atoms with E-state index in [0.717, 1.165) is 5.56 Å². The molecule has 1 rings (SSSR count). The Morgan fingerprint density at radius 1 is 0.903 bits per heavy atom. The smallest absolute Gasteiger partial charge is 0.307 e. The molecule has 0 spiro atoms. The molecule has 0 bridgehead atoms. The first-order valence-electron chi connectivity index (χ1n) is 10.8. The molecule has 174 valence electrons. The molecule has 0 fully saturated rings. The minimum absolute atomic E-state index is 0.0298. The van der Waals surface area contributed by atoms with Gasteiger partial charge < -0.3 is 14.8 Å². The van der Waals surface area contributed by atoms with Crippen LogP contribution in [0, 0.1) is 16.7 Å². The number of esters is 2. The summed E-state index contributed by atoms with van der Waals surface area (Å²) in [6.45, 7) is 15.5. The molecule has 0 aliphatic rings. The zero-order valence-corrected chi connectivity index (χ0v) is 20.3. The summed E-state index contributed by atoms with van der Waals surface area (Å²) in [6, 6.07) is 9.41. The highest BCUT2D eigenvalue weighted by Gasteiger charge is 2.34. The van der Waals surface area contributed by atoms with Gasteiger partial charge in [0.15, 0.2) is 0 Å². The lowest BCUT2D eigenvalue weighted by Crippen LogP contribution is -2.43. The normalized spacial score (nSPS) is 13.3. The van der Waals surface area contributed by atoms with Gasteiger partial charge in [0.2, 0.25) is 5.91 Å². The second kappa shape index (κ2) is 10.8. The molecule has 1 N–H and O–H groups in total. The predicted octanol–water partition coefficient (Wildman–Crippen LogP) is 4.66. The zero-order chi connectivity index (χ0) is 23.9. The van der Waals surface area contributed by atoms with Crippen LogP contribution in [0.3, 0.4) is 0 Å². The minimum Gasteiger partial charge on any atom is -0.461 e. The van der Waals surface area contributed by atoms with Gasteiger partial charge in [-0.25, -0.2) is 0 Å². The molecule has 1 aromatic carbocycles. The van der Waals surface area contributed by atoms with Crippen LogP contribution in [0.1, 0.15) is 73.8 Å². The van der Waals surface area contributed by atoms with Gasteiger partial charge in [-0.2, -0.15) is 0 Å². The fraction of sp³-hybridized carbons (Fsp3) is 0.640. The molecule has 31 heavy (non-hydrogen) atoms. The number of carbonyl (C=O) groups excluding carboxylic acids is 3. The lowest BCUT2D eigenvalue weighted by molar-refractivity contribution is -0.157. The van der Waals surface area contributed by atoms with Crippen molar-refractivity contribution in [3.05, 3.63) is 35.9 Å². The Morgan fingerprint density at radius 3 is 2.00 bits per heavy atom. The van der Waals surface area contributed by atoms with Crippen LogP contribution < -0.4 is 5.32 Å². The molecule has 1 amide bonds. The average Bonchev–Trinajstić information content (AvgIpc) is 2.61. The lowest BCUT2D eigenvalue weighted by atomic mass is 9.78. The first-order chi connectivity index (χ1) is 14.1. The molecule has 0 radical (unpaired) electrons. The van der Waals surface area contributed by atoms with Gasteiger partial charge in [0, 0.05) is 6.54 Å². The summed E-state index contributed by atoms with van der Waals surface area (Å²) in [7, 11) is 0. The van der Waals surface area contributed by atoms with Crippen molar-refractivity contribution in [3.63, 3.8) is 0 Å². The number of carbonyl (C=O) groups is 3. The van der Waals surface area contributed by atoms with E-state index in [4.69, 9.17) is 9.47 Å². The number of benzene rings is 1. The second-order valence-electron chi connectivity index (χ2n) is 10.8. The molecule has 0 unspecified atom stereocenters. The van der Waals surface area contributed by atoms with Crippen molar-refractivity contribution < 1.29 is 23.9 Å². The van der Waals surface area contributed by atoms with Crippen LogP contribution in [-0.2, 0) is 30.5 Å². The molecule has 6 nitrogen and oxygen atoms in total. The van der Waals surface area contributed by atoms with Crippen molar-refractivity contribution in [1.29, 1.82) is 0 Å². The predicted molar refractivity (Wildman–Crippen MR) is 121 cm³/mol. The molecular formula is C25H39NO5. The first-order valence-corrected chi connectivity index (χ1v) is 10.8. The molecule has 0 heterocycles. The Balaban J connectivity index is 2.62. The maximum Gasteiger partial charge on any atom is 0.307 e. The molecule has 0 saturated carbocycles. The van der Waals surface area contributed by atoms with Gasteiger partial charge in [0.1, 0.15) is 12.2 Å². The molecule has 1 atom stereocenters. The standard InChI is InChI=1S/C25H39NO5/c1-23(2,3)19(14-20(27)31-24(4,5)6)16-26-22(29)25(7,8)15-21(28)30-17-18-12-10-9-11-13-18/h9-13,19H,14-17H2,1-8H3,(H,26,29)/t19-/m1/s1. The Morgan fingerprint density at radius 2 is 1.48 bits per heavy atom. The van der Waals surface area contributed by atoms with Crippen molar-refractivity contribution in [2.75, 3.05) is 6.54 Å². The van der Waals surface area contributed by atoms with Gasteiger partial charge in [-0.15, -0.1) is 0 Å². The SMILES string of the molecule is CC(C)(C)OC(=O)C[C@H](CNC(=O)C(C)(C)CC(=O)OCc1ccccc1)C(C)(C)C. The fourth-order valence-electron chi connectivity index (χ4n) is 2.95. The average molecular weight is 434 g/mol. The molecule has 1 aromatic rings. The molecule has 0 saturated heterocycles. The third-order valence-corrected chi connectivity index (χ3v) is 5.01. The van der Waals surface area contributed by atoms with Crippen LogP contribution >= 0.6 is 0 Å². The zero-order valence-electron chi connectivity index (χ0n) is 20.3. The van der Waals surface area contributed by atoms with E-state index < -0.39 is 17.0 Å². The monoisotopic (exact) mass is 433 g/mol. The van der Waals surface area contributed by atoms with Crippen LogP contribution in [-0.4, -0.2) is 30.0 Å². The third kappa shape index (κ3) is 10.5. The van der Waals surface area contributed by atoms with E-state index >= 15 is 0 Å². The van der Waals surface area contributed by atoms with Crippen molar-refractivity contribution in [2.24, 2.45) is 16.7 Å². The topological polar surface area (TPSA) is 81.7 Å². The van der Waals surface area contributed by atoms with Crippen LogP contribution in [0.4, 0.5) is 0 Å². The summed E-state index contributed by atoms with van der Waals surface area (Å²) < 4.78 is 10.8. The van der Waals surface area contributed by atoms with Crippen molar-refractivity contribution in [1.82, 2.24) is 5.32 Å². The van der Waals surface area contributed by atoms with Crippen LogP contribution in [0.5, 0.6) is 0 Å². The van der Waals surface area contributed by atoms with Gasteiger partial charge in [-0.3, -0.25) is 14.4 Å². The number of rotatable bonds is 9. The van der Waals surface area contributed by atoms with E-state index in [-0.39, 0.29) is 42.7 Å². The molecule has 0 aromatic heterocycles. The Kier molecular flexibility index (Phi) is 9.27. The van der Waals surface area contributed by atoms with Gasteiger partial charge in [-0.05, 0) is 37.7 Å². The van der Waals surface area contributed by atoms with Crippen molar-refractivity contribution >= 4 is 17.8 Å². The van der Waals surface area contributed by atoms with E-state index in [0.29, 0.717) is 6.54 Å². The number of amides is 1. The minimum atomic E-state index is -0.928.